The SMILES string of the molecule is COC(=O)c1nnc(-c2cccc(Br)c2F)o1. The number of ether oxygens (including phenoxy) is 1. The van der Waals surface area contributed by atoms with Gasteiger partial charge in [0.25, 0.3) is 5.89 Å². The summed E-state index contributed by atoms with van der Waals surface area (Å²) in [6.07, 6.45) is 0. The highest BCUT2D eigenvalue weighted by Crippen LogP contribution is 2.26. The summed E-state index contributed by atoms with van der Waals surface area (Å²) in [6.45, 7) is 0. The van der Waals surface area contributed by atoms with Crippen molar-refractivity contribution in [3.63, 3.8) is 0 Å². The maximum absolute atomic E-state index is 13.7. The van der Waals surface area contributed by atoms with Crippen LogP contribution in [0.15, 0.2) is 27.1 Å². The standard InChI is InChI=1S/C10H6BrFN2O3/c1-16-10(15)9-14-13-8(17-9)5-3-2-4-6(11)7(5)12/h2-4H,1H3. The van der Waals surface area contributed by atoms with Gasteiger partial charge in [-0.1, -0.05) is 6.07 Å². The van der Waals surface area contributed by atoms with E-state index in [9.17, 15) is 9.18 Å². The normalized spacial score (nSPS) is 10.3. The first-order valence-electron chi connectivity index (χ1n) is 4.49. The van der Waals surface area contributed by atoms with Crippen LogP contribution in [-0.4, -0.2) is 23.3 Å². The molecular formula is C10H6BrFN2O3. The molecule has 0 fully saturated rings. The van der Waals surface area contributed by atoms with Crippen molar-refractivity contribution >= 4 is 21.9 Å². The molecule has 0 radical (unpaired) electrons. The van der Waals surface area contributed by atoms with Crippen LogP contribution in [0.2, 0.25) is 0 Å². The van der Waals surface area contributed by atoms with Crippen molar-refractivity contribution in [3.8, 4) is 11.5 Å². The molecule has 0 saturated heterocycles. The summed E-state index contributed by atoms with van der Waals surface area (Å²) >= 11 is 3.04. The maximum Gasteiger partial charge on any atom is 0.396 e. The Balaban J connectivity index is 2.44. The lowest BCUT2D eigenvalue weighted by molar-refractivity contribution is 0.0556. The minimum absolute atomic E-state index is 0.0794. The zero-order valence-corrected chi connectivity index (χ0v) is 10.2. The average molecular weight is 301 g/mol. The average Bonchev–Trinajstić information content (AvgIpc) is 2.81. The number of carbonyl (C=O) groups excluding carboxylic acids is 1. The van der Waals surface area contributed by atoms with Crippen LogP contribution >= 0.6 is 15.9 Å². The van der Waals surface area contributed by atoms with Crippen molar-refractivity contribution in [1.82, 2.24) is 10.2 Å². The first-order valence-corrected chi connectivity index (χ1v) is 5.29. The molecule has 2 rings (SSSR count). The number of benzene rings is 1. The first kappa shape index (κ1) is 11.7. The molecule has 0 aliphatic heterocycles. The zero-order chi connectivity index (χ0) is 12.4. The molecule has 2 aromatic rings. The number of halogens is 2. The van der Waals surface area contributed by atoms with Gasteiger partial charge >= 0.3 is 11.9 Å². The van der Waals surface area contributed by atoms with Crippen LogP contribution in [0, 0.1) is 5.82 Å². The third kappa shape index (κ3) is 2.19. The minimum atomic E-state index is -0.765. The Kier molecular flexibility index (Phi) is 3.19. The molecule has 5 nitrogen and oxygen atoms in total. The second-order valence-corrected chi connectivity index (χ2v) is 3.86. The Morgan fingerprint density at radius 3 is 2.94 bits per heavy atom. The number of aromatic nitrogens is 2. The highest BCUT2D eigenvalue weighted by atomic mass is 79.9. The van der Waals surface area contributed by atoms with Crippen molar-refractivity contribution in [1.29, 1.82) is 0 Å². The van der Waals surface area contributed by atoms with E-state index < -0.39 is 11.8 Å². The lowest BCUT2D eigenvalue weighted by Gasteiger charge is -1.98. The molecular weight excluding hydrogens is 295 g/mol. The molecule has 0 N–H and O–H groups in total. The summed E-state index contributed by atoms with van der Waals surface area (Å²) in [6, 6.07) is 4.62. The van der Waals surface area contributed by atoms with E-state index in [1.165, 1.54) is 19.2 Å². The first-order chi connectivity index (χ1) is 8.13. The molecule has 0 aliphatic carbocycles. The summed E-state index contributed by atoms with van der Waals surface area (Å²) in [4.78, 5) is 11.1. The van der Waals surface area contributed by atoms with Gasteiger partial charge in [0.15, 0.2) is 0 Å². The smallest absolute Gasteiger partial charge is 0.396 e. The second-order valence-electron chi connectivity index (χ2n) is 3.01. The highest BCUT2D eigenvalue weighted by molar-refractivity contribution is 9.10. The van der Waals surface area contributed by atoms with Crippen LogP contribution in [-0.2, 0) is 4.74 Å². The third-order valence-electron chi connectivity index (χ3n) is 1.97. The fourth-order valence-corrected chi connectivity index (χ4v) is 1.54. The Hall–Kier alpha value is -1.76. The molecule has 0 unspecified atom stereocenters. The molecule has 7 heteroatoms. The largest absolute Gasteiger partial charge is 0.462 e. The minimum Gasteiger partial charge on any atom is -0.462 e. The van der Waals surface area contributed by atoms with Crippen LogP contribution in [0.25, 0.3) is 11.5 Å². The molecule has 0 bridgehead atoms. The van der Waals surface area contributed by atoms with Gasteiger partial charge in [-0.2, -0.15) is 0 Å². The van der Waals surface area contributed by atoms with Gasteiger partial charge in [-0.05, 0) is 28.1 Å². The Labute approximate surface area is 104 Å². The van der Waals surface area contributed by atoms with E-state index in [0.717, 1.165) is 0 Å². The number of rotatable bonds is 2. The van der Waals surface area contributed by atoms with Crippen LogP contribution in [0.1, 0.15) is 10.7 Å². The lowest BCUT2D eigenvalue weighted by Crippen LogP contribution is -2.00. The van der Waals surface area contributed by atoms with E-state index in [-0.39, 0.29) is 21.8 Å². The van der Waals surface area contributed by atoms with E-state index in [1.807, 2.05) is 0 Å². The molecule has 0 amide bonds. The maximum atomic E-state index is 13.7. The van der Waals surface area contributed by atoms with Crippen LogP contribution < -0.4 is 0 Å². The number of methoxy groups -OCH3 is 1. The Morgan fingerprint density at radius 2 is 2.24 bits per heavy atom. The summed E-state index contributed by atoms with van der Waals surface area (Å²) in [5.41, 5.74) is 0.113. The van der Waals surface area contributed by atoms with Gasteiger partial charge in [0, 0.05) is 0 Å². The molecule has 1 aromatic heterocycles. The third-order valence-corrected chi connectivity index (χ3v) is 2.58. The van der Waals surface area contributed by atoms with Gasteiger partial charge in [0.1, 0.15) is 5.82 Å². The van der Waals surface area contributed by atoms with Crippen molar-refractivity contribution in [2.75, 3.05) is 7.11 Å². The molecule has 88 valence electrons. The van der Waals surface area contributed by atoms with Gasteiger partial charge < -0.3 is 9.15 Å². The Bertz CT molecular complexity index is 570. The molecule has 0 atom stereocenters. The van der Waals surface area contributed by atoms with Gasteiger partial charge in [0.2, 0.25) is 0 Å². The van der Waals surface area contributed by atoms with Crippen LogP contribution in [0.4, 0.5) is 4.39 Å². The molecule has 0 spiro atoms. The van der Waals surface area contributed by atoms with Crippen LogP contribution in [0.5, 0.6) is 0 Å². The molecule has 1 heterocycles. The number of hydrogen-bond acceptors (Lipinski definition) is 5. The Morgan fingerprint density at radius 1 is 1.47 bits per heavy atom. The number of carbonyl (C=O) groups is 1. The molecule has 0 aliphatic rings. The van der Waals surface area contributed by atoms with Crippen LogP contribution in [0.3, 0.4) is 0 Å². The predicted molar refractivity (Wildman–Crippen MR) is 58.7 cm³/mol. The van der Waals surface area contributed by atoms with Crippen molar-refractivity contribution < 1.29 is 18.3 Å². The van der Waals surface area contributed by atoms with Gasteiger partial charge in [-0.25, -0.2) is 9.18 Å². The van der Waals surface area contributed by atoms with Crippen molar-refractivity contribution in [2.45, 2.75) is 0 Å². The lowest BCUT2D eigenvalue weighted by atomic mass is 10.2. The van der Waals surface area contributed by atoms with E-state index >= 15 is 0 Å². The number of esters is 1. The fraction of sp³-hybridized carbons (Fsp3) is 0.100. The van der Waals surface area contributed by atoms with Gasteiger partial charge in [0.05, 0.1) is 17.1 Å². The van der Waals surface area contributed by atoms with E-state index in [1.54, 1.807) is 6.07 Å². The quantitative estimate of drug-likeness (QED) is 0.797. The monoisotopic (exact) mass is 300 g/mol. The highest BCUT2D eigenvalue weighted by Gasteiger charge is 2.18. The van der Waals surface area contributed by atoms with E-state index in [0.29, 0.717) is 0 Å². The molecule has 1 aromatic carbocycles. The van der Waals surface area contributed by atoms with E-state index in [4.69, 9.17) is 4.42 Å². The fourth-order valence-electron chi connectivity index (χ4n) is 1.17. The second kappa shape index (κ2) is 4.62. The summed E-state index contributed by atoms with van der Waals surface area (Å²) in [7, 11) is 1.19. The zero-order valence-electron chi connectivity index (χ0n) is 8.61. The molecule has 17 heavy (non-hydrogen) atoms. The predicted octanol–water partition coefficient (Wildman–Crippen LogP) is 2.42. The molecule has 0 saturated carbocycles. The summed E-state index contributed by atoms with van der Waals surface area (Å²) in [5, 5.41) is 7.04. The number of nitrogens with zero attached hydrogens (tertiary/aromatic N) is 2. The summed E-state index contributed by atoms with van der Waals surface area (Å²) in [5.74, 6) is -1.70. The topological polar surface area (TPSA) is 65.2 Å². The number of hydrogen-bond donors (Lipinski definition) is 0. The van der Waals surface area contributed by atoms with E-state index in [2.05, 4.69) is 30.9 Å². The van der Waals surface area contributed by atoms with Crippen molar-refractivity contribution in [2.24, 2.45) is 0 Å². The van der Waals surface area contributed by atoms with Gasteiger partial charge in [-0.15, -0.1) is 10.2 Å². The summed E-state index contributed by atoms with van der Waals surface area (Å²) < 4.78 is 23.4. The van der Waals surface area contributed by atoms with Crippen molar-refractivity contribution in [3.05, 3.63) is 34.4 Å². The van der Waals surface area contributed by atoms with Gasteiger partial charge in [-0.3, -0.25) is 0 Å².